The molecule has 0 saturated carbocycles. The van der Waals surface area contributed by atoms with E-state index in [9.17, 15) is 0 Å². The molecule has 114 valence electrons. The monoisotopic (exact) mass is 486 g/mol. The fraction of sp³-hybridized carbons (Fsp3) is 1.00. The van der Waals surface area contributed by atoms with Crippen LogP contribution in [-0.2, 0) is 4.74 Å². The molecule has 0 aromatic heterocycles. The van der Waals surface area contributed by atoms with Crippen LogP contribution in [-0.4, -0.2) is 76.0 Å². The van der Waals surface area contributed by atoms with Gasteiger partial charge in [-0.15, -0.1) is 0 Å². The molecular weight excluding hydrogens is 454 g/mol. The van der Waals surface area contributed by atoms with Crippen LogP contribution < -0.4 is 48.0 Å². The molecular formula is C13H32I2N2O. The number of likely N-dealkylation sites (N-methyl/N-ethyl adjacent to an activating group) is 2. The Morgan fingerprint density at radius 2 is 1.39 bits per heavy atom. The van der Waals surface area contributed by atoms with Crippen LogP contribution in [0, 0.1) is 0 Å². The van der Waals surface area contributed by atoms with Gasteiger partial charge in [-0.1, -0.05) is 0 Å². The lowest BCUT2D eigenvalue weighted by molar-refractivity contribution is -0.907. The Kier molecular flexibility index (Phi) is 15.0. The zero-order valence-electron chi connectivity index (χ0n) is 13.2. The third-order valence-corrected chi connectivity index (χ3v) is 3.37. The molecule has 0 radical (unpaired) electrons. The Bertz CT molecular complexity index is 192. The van der Waals surface area contributed by atoms with E-state index >= 15 is 0 Å². The highest BCUT2D eigenvalue weighted by atomic mass is 127. The highest BCUT2D eigenvalue weighted by molar-refractivity contribution is 4.47. The Labute approximate surface area is 148 Å². The maximum absolute atomic E-state index is 5.89. The van der Waals surface area contributed by atoms with Gasteiger partial charge < -0.3 is 61.7 Å². The second-order valence-electron chi connectivity index (χ2n) is 6.13. The van der Waals surface area contributed by atoms with E-state index in [4.69, 9.17) is 4.74 Å². The predicted molar refractivity (Wildman–Crippen MR) is 70.4 cm³/mol. The van der Waals surface area contributed by atoms with Crippen LogP contribution in [0.3, 0.4) is 0 Å². The smallest absolute Gasteiger partial charge is 0.104 e. The van der Waals surface area contributed by atoms with E-state index < -0.39 is 0 Å². The van der Waals surface area contributed by atoms with Crippen molar-refractivity contribution in [2.75, 3.05) is 61.0 Å². The third kappa shape index (κ3) is 12.4. The second-order valence-corrected chi connectivity index (χ2v) is 6.13. The molecule has 0 amide bonds. The minimum absolute atomic E-state index is 0. The van der Waals surface area contributed by atoms with Crippen molar-refractivity contribution in [3.05, 3.63) is 0 Å². The summed E-state index contributed by atoms with van der Waals surface area (Å²) < 4.78 is 7.96. The van der Waals surface area contributed by atoms with Gasteiger partial charge in [0.25, 0.3) is 0 Å². The molecule has 1 atom stereocenters. The van der Waals surface area contributed by atoms with Crippen molar-refractivity contribution in [2.45, 2.75) is 26.9 Å². The summed E-state index contributed by atoms with van der Waals surface area (Å²) in [7, 11) is 8.92. The maximum atomic E-state index is 5.89. The van der Waals surface area contributed by atoms with Gasteiger partial charge in [-0.25, -0.2) is 0 Å². The highest BCUT2D eigenvalue weighted by Crippen LogP contribution is 2.03. The summed E-state index contributed by atoms with van der Waals surface area (Å²) in [4.78, 5) is 0. The molecule has 0 aliphatic carbocycles. The van der Waals surface area contributed by atoms with Gasteiger partial charge in [0.2, 0.25) is 0 Å². The molecule has 0 aliphatic rings. The number of hydrogen-bond donors (Lipinski definition) is 0. The van der Waals surface area contributed by atoms with Gasteiger partial charge >= 0.3 is 0 Å². The summed E-state index contributed by atoms with van der Waals surface area (Å²) in [5.74, 6) is 0. The van der Waals surface area contributed by atoms with E-state index in [1.807, 2.05) is 0 Å². The molecule has 0 N–H and O–H groups in total. The maximum Gasteiger partial charge on any atom is 0.104 e. The Morgan fingerprint density at radius 1 is 0.944 bits per heavy atom. The quantitative estimate of drug-likeness (QED) is 0.249. The molecule has 0 spiro atoms. The van der Waals surface area contributed by atoms with Crippen molar-refractivity contribution in [1.29, 1.82) is 0 Å². The second kappa shape index (κ2) is 11.0. The van der Waals surface area contributed by atoms with Crippen molar-refractivity contribution < 1.29 is 61.7 Å². The lowest BCUT2D eigenvalue weighted by Crippen LogP contribution is -3.00. The standard InChI is InChI=1S/C13H32N2O.2HI/c1-8-15(7,9-2)10-11-16-13(3)12-14(4,5)6;;/h13H,8-12H2,1-7H3;2*1H/q+2;;/p-2. The van der Waals surface area contributed by atoms with E-state index in [1.165, 1.54) is 13.1 Å². The lowest BCUT2D eigenvalue weighted by Gasteiger charge is -2.33. The van der Waals surface area contributed by atoms with E-state index in [2.05, 4.69) is 49.0 Å². The van der Waals surface area contributed by atoms with Crippen LogP contribution >= 0.6 is 0 Å². The Morgan fingerprint density at radius 3 is 1.72 bits per heavy atom. The average molecular weight is 486 g/mol. The molecule has 0 fully saturated rings. The Balaban J connectivity index is -0.00000112. The average Bonchev–Trinajstić information content (AvgIpc) is 2.14. The predicted octanol–water partition coefficient (Wildman–Crippen LogP) is -4.41. The van der Waals surface area contributed by atoms with Gasteiger partial charge in [0.05, 0.1) is 47.9 Å². The topological polar surface area (TPSA) is 9.23 Å². The molecule has 0 aliphatic heterocycles. The van der Waals surface area contributed by atoms with Crippen LogP contribution in [0.15, 0.2) is 0 Å². The highest BCUT2D eigenvalue weighted by Gasteiger charge is 2.18. The van der Waals surface area contributed by atoms with E-state index in [0.29, 0.717) is 6.10 Å². The molecule has 0 aromatic rings. The van der Waals surface area contributed by atoms with Crippen molar-refractivity contribution in [2.24, 2.45) is 0 Å². The SMILES string of the molecule is CC[N+](C)(CC)CCOC(C)C[N+](C)(C)C.[I-].[I-]. The first-order valence-corrected chi connectivity index (χ1v) is 6.48. The summed E-state index contributed by atoms with van der Waals surface area (Å²) in [6.45, 7) is 12.1. The fourth-order valence-electron chi connectivity index (χ4n) is 1.84. The number of hydrogen-bond acceptors (Lipinski definition) is 1. The molecule has 0 aromatic carbocycles. The van der Waals surface area contributed by atoms with Gasteiger partial charge in [-0.3, -0.25) is 0 Å². The summed E-state index contributed by atoms with van der Waals surface area (Å²) in [6, 6.07) is 0. The molecule has 5 heteroatoms. The minimum atomic E-state index is 0. The number of ether oxygens (including phenoxy) is 1. The minimum Gasteiger partial charge on any atom is -1.00 e. The van der Waals surface area contributed by atoms with Crippen molar-refractivity contribution in [1.82, 2.24) is 0 Å². The van der Waals surface area contributed by atoms with Crippen LogP contribution in [0.1, 0.15) is 20.8 Å². The van der Waals surface area contributed by atoms with Crippen molar-refractivity contribution in [3.8, 4) is 0 Å². The zero-order chi connectivity index (χ0) is 12.8. The number of halogens is 2. The van der Waals surface area contributed by atoms with Gasteiger partial charge in [0.15, 0.2) is 0 Å². The third-order valence-electron chi connectivity index (χ3n) is 3.37. The van der Waals surface area contributed by atoms with E-state index in [-0.39, 0.29) is 48.0 Å². The number of quaternary nitrogens is 2. The first kappa shape index (κ1) is 24.4. The number of rotatable bonds is 8. The molecule has 0 bridgehead atoms. The first-order chi connectivity index (χ1) is 7.22. The summed E-state index contributed by atoms with van der Waals surface area (Å²) in [5, 5.41) is 0. The first-order valence-electron chi connectivity index (χ1n) is 6.48. The zero-order valence-corrected chi connectivity index (χ0v) is 17.5. The molecule has 0 saturated heterocycles. The van der Waals surface area contributed by atoms with Crippen LogP contribution in [0.25, 0.3) is 0 Å². The molecule has 0 rings (SSSR count). The lowest BCUT2D eigenvalue weighted by atomic mass is 10.3. The molecule has 18 heavy (non-hydrogen) atoms. The molecule has 3 nitrogen and oxygen atoms in total. The normalized spacial score (nSPS) is 13.5. The fourth-order valence-corrected chi connectivity index (χ4v) is 1.84. The van der Waals surface area contributed by atoms with Gasteiger partial charge in [0.1, 0.15) is 19.2 Å². The number of nitrogens with zero attached hydrogens (tertiary/aromatic N) is 2. The van der Waals surface area contributed by atoms with Gasteiger partial charge in [-0.05, 0) is 20.8 Å². The summed E-state index contributed by atoms with van der Waals surface area (Å²) in [6.07, 6.45) is 0.349. The van der Waals surface area contributed by atoms with E-state index in [0.717, 1.165) is 28.7 Å². The molecule has 1 unspecified atom stereocenters. The summed E-state index contributed by atoms with van der Waals surface area (Å²) in [5.41, 5.74) is 0. The van der Waals surface area contributed by atoms with Gasteiger partial charge in [-0.2, -0.15) is 0 Å². The molecule has 0 heterocycles. The Hall–Kier alpha value is 1.34. The van der Waals surface area contributed by atoms with Gasteiger partial charge in [0, 0.05) is 0 Å². The van der Waals surface area contributed by atoms with E-state index in [1.54, 1.807) is 0 Å². The largest absolute Gasteiger partial charge is 1.00 e. The summed E-state index contributed by atoms with van der Waals surface area (Å²) >= 11 is 0. The van der Waals surface area contributed by atoms with Crippen LogP contribution in [0.5, 0.6) is 0 Å². The van der Waals surface area contributed by atoms with Crippen molar-refractivity contribution >= 4 is 0 Å². The van der Waals surface area contributed by atoms with Crippen LogP contribution in [0.2, 0.25) is 0 Å². The van der Waals surface area contributed by atoms with Crippen molar-refractivity contribution in [3.63, 3.8) is 0 Å². The van der Waals surface area contributed by atoms with Crippen LogP contribution in [0.4, 0.5) is 0 Å².